The monoisotopic (exact) mass is 354 g/mol. The van der Waals surface area contributed by atoms with Crippen LogP contribution in [-0.4, -0.2) is 38.5 Å². The van der Waals surface area contributed by atoms with Crippen LogP contribution in [0.3, 0.4) is 0 Å². The van der Waals surface area contributed by atoms with E-state index < -0.39 is 44.4 Å². The van der Waals surface area contributed by atoms with Gasteiger partial charge in [-0.25, -0.2) is 0 Å². The second kappa shape index (κ2) is 7.16. The molecule has 0 aromatic heterocycles. The summed E-state index contributed by atoms with van der Waals surface area (Å²) in [6, 6.07) is 0. The van der Waals surface area contributed by atoms with Gasteiger partial charge in [0.25, 0.3) is 0 Å². The van der Waals surface area contributed by atoms with Gasteiger partial charge >= 0.3 is 11.9 Å². The first-order chi connectivity index (χ1) is 10.9. The lowest BCUT2D eigenvalue weighted by Crippen LogP contribution is -2.32. The Bertz CT molecular complexity index is 847. The van der Waals surface area contributed by atoms with Crippen LogP contribution >= 0.6 is 0 Å². The lowest BCUT2D eigenvalue weighted by atomic mass is 9.99. The molecule has 0 aliphatic heterocycles. The topological polar surface area (TPSA) is 112 Å². The van der Waals surface area contributed by atoms with Crippen LogP contribution in [0.25, 0.3) is 0 Å². The lowest BCUT2D eigenvalue weighted by Gasteiger charge is -2.15. The molecule has 0 amide bonds. The highest BCUT2D eigenvalue weighted by atomic mass is 32.2. The summed E-state index contributed by atoms with van der Waals surface area (Å²) in [5.41, 5.74) is 0. The molecular formula is C14H10O7S2. The van der Waals surface area contributed by atoms with Crippen molar-refractivity contribution in [2.24, 2.45) is 11.8 Å². The third-order valence-corrected chi connectivity index (χ3v) is 4.61. The molecule has 0 saturated heterocycles. The maximum atomic E-state index is 12.0. The van der Waals surface area contributed by atoms with E-state index in [0.29, 0.717) is 0 Å². The van der Waals surface area contributed by atoms with Gasteiger partial charge < -0.3 is 4.74 Å². The van der Waals surface area contributed by atoms with E-state index in [0.717, 1.165) is 0 Å². The first-order valence-corrected chi connectivity index (χ1v) is 8.44. The number of carbonyl (C=O) groups excluding carboxylic acids is 2. The standard InChI is InChI=1S/C14H10O7S2/c15-13(9-5-1-3-7-11(9)22(17)18)21-14(16)10-6-2-4-8-12(10)23(19)20/h1-10H. The average Bonchev–Trinajstić information content (AvgIpc) is 2.54. The Morgan fingerprint density at radius 1 is 0.739 bits per heavy atom. The average molecular weight is 354 g/mol. The smallest absolute Gasteiger partial charge is 0.326 e. The Labute approximate surface area is 134 Å². The van der Waals surface area contributed by atoms with Gasteiger partial charge in [0.05, 0.1) is 9.73 Å². The molecule has 0 fully saturated rings. The van der Waals surface area contributed by atoms with Gasteiger partial charge in [0.1, 0.15) is 11.8 Å². The van der Waals surface area contributed by atoms with Crippen LogP contribution in [0, 0.1) is 11.8 Å². The number of esters is 2. The van der Waals surface area contributed by atoms with Crippen molar-refractivity contribution in [3.05, 3.63) is 48.6 Å². The molecule has 2 aliphatic rings. The zero-order valence-electron chi connectivity index (χ0n) is 11.4. The summed E-state index contributed by atoms with van der Waals surface area (Å²) in [6.07, 6.45) is 10.7. The summed E-state index contributed by atoms with van der Waals surface area (Å²) in [5, 5.41) is 0. The van der Waals surface area contributed by atoms with E-state index in [1.54, 1.807) is 0 Å². The molecule has 2 unspecified atom stereocenters. The van der Waals surface area contributed by atoms with Gasteiger partial charge in [0, 0.05) is 0 Å². The molecule has 2 atom stereocenters. The largest absolute Gasteiger partial charge is 0.392 e. The molecule has 0 bridgehead atoms. The second-order valence-electron chi connectivity index (χ2n) is 4.46. The quantitative estimate of drug-likeness (QED) is 0.378. The summed E-state index contributed by atoms with van der Waals surface area (Å²) in [7, 11) is -5.30. The molecule has 23 heavy (non-hydrogen) atoms. The summed E-state index contributed by atoms with van der Waals surface area (Å²) in [6.45, 7) is 0. The van der Waals surface area contributed by atoms with E-state index in [9.17, 15) is 26.4 Å². The molecule has 0 radical (unpaired) electrons. The van der Waals surface area contributed by atoms with Crippen LogP contribution in [0.1, 0.15) is 0 Å². The van der Waals surface area contributed by atoms with E-state index in [1.807, 2.05) is 0 Å². The molecule has 0 saturated carbocycles. The summed E-state index contributed by atoms with van der Waals surface area (Å²) >= 11 is 0. The molecule has 0 heterocycles. The molecule has 7 nitrogen and oxygen atoms in total. The van der Waals surface area contributed by atoms with Gasteiger partial charge in [-0.05, 0) is 12.2 Å². The van der Waals surface area contributed by atoms with Crippen molar-refractivity contribution in [3.63, 3.8) is 0 Å². The molecule has 0 aromatic rings. The van der Waals surface area contributed by atoms with E-state index in [4.69, 9.17) is 0 Å². The van der Waals surface area contributed by atoms with Gasteiger partial charge in [0.15, 0.2) is 0 Å². The third-order valence-electron chi connectivity index (χ3n) is 3.06. The molecule has 120 valence electrons. The van der Waals surface area contributed by atoms with Crippen LogP contribution in [-0.2, 0) is 34.9 Å². The molecule has 2 aliphatic carbocycles. The van der Waals surface area contributed by atoms with Crippen LogP contribution in [0.15, 0.2) is 48.6 Å². The Kier molecular flexibility index (Phi) is 5.24. The van der Waals surface area contributed by atoms with E-state index in [2.05, 4.69) is 4.74 Å². The van der Waals surface area contributed by atoms with Crippen molar-refractivity contribution < 1.29 is 31.2 Å². The SMILES string of the molecule is O=C(OC(=O)C1C=CC=CC1=S(=O)=O)C1C=CC=CC1=S(=O)=O. The van der Waals surface area contributed by atoms with E-state index in [-0.39, 0.29) is 9.73 Å². The number of carbonyl (C=O) groups is 2. The highest BCUT2D eigenvalue weighted by Crippen LogP contribution is 2.15. The number of hydrogen-bond donors (Lipinski definition) is 0. The Morgan fingerprint density at radius 3 is 1.48 bits per heavy atom. The Hall–Kier alpha value is -2.52. The summed E-state index contributed by atoms with van der Waals surface area (Å²) in [4.78, 5) is 23.6. The normalized spacial score (nSPS) is 22.1. The van der Waals surface area contributed by atoms with E-state index in [1.165, 1.54) is 48.6 Å². The summed E-state index contributed by atoms with van der Waals surface area (Å²) in [5.74, 6) is -4.67. The third kappa shape index (κ3) is 3.82. The van der Waals surface area contributed by atoms with Gasteiger partial charge in [0.2, 0.25) is 20.6 Å². The zero-order valence-corrected chi connectivity index (χ0v) is 13.1. The van der Waals surface area contributed by atoms with Crippen LogP contribution < -0.4 is 0 Å². The highest BCUT2D eigenvalue weighted by Gasteiger charge is 2.31. The van der Waals surface area contributed by atoms with Gasteiger partial charge in [-0.3, -0.25) is 9.59 Å². The molecule has 0 aromatic carbocycles. The van der Waals surface area contributed by atoms with Gasteiger partial charge in [-0.15, -0.1) is 0 Å². The van der Waals surface area contributed by atoms with Crippen LogP contribution in [0.5, 0.6) is 0 Å². The Balaban J connectivity index is 2.22. The maximum absolute atomic E-state index is 12.0. The van der Waals surface area contributed by atoms with Gasteiger partial charge in [-0.1, -0.05) is 36.5 Å². The Morgan fingerprint density at radius 2 is 1.13 bits per heavy atom. The van der Waals surface area contributed by atoms with Crippen molar-refractivity contribution in [2.45, 2.75) is 0 Å². The fourth-order valence-corrected chi connectivity index (χ4v) is 3.13. The molecule has 0 N–H and O–H groups in total. The predicted octanol–water partition coefficient (Wildman–Crippen LogP) is -0.356. The fourth-order valence-electron chi connectivity index (χ4n) is 1.98. The molecule has 9 heteroatoms. The van der Waals surface area contributed by atoms with Crippen molar-refractivity contribution in [1.82, 2.24) is 0 Å². The first-order valence-electron chi connectivity index (χ1n) is 6.29. The fraction of sp³-hybridized carbons (Fsp3) is 0.143. The number of rotatable bonds is 2. The predicted molar refractivity (Wildman–Crippen MR) is 82.5 cm³/mol. The van der Waals surface area contributed by atoms with Crippen molar-refractivity contribution >= 4 is 42.3 Å². The molecule has 0 spiro atoms. The maximum Gasteiger partial charge on any atom is 0.326 e. The number of ether oxygens (including phenoxy) is 1. The van der Waals surface area contributed by atoms with Gasteiger partial charge in [-0.2, -0.15) is 16.8 Å². The molecular weight excluding hydrogens is 344 g/mol. The summed E-state index contributed by atoms with van der Waals surface area (Å²) < 4.78 is 49.0. The number of hydrogen-bond acceptors (Lipinski definition) is 7. The van der Waals surface area contributed by atoms with E-state index >= 15 is 0 Å². The molecule has 2 rings (SSSR count). The van der Waals surface area contributed by atoms with Crippen molar-refractivity contribution in [1.29, 1.82) is 0 Å². The second-order valence-corrected chi connectivity index (χ2v) is 6.34. The highest BCUT2D eigenvalue weighted by molar-refractivity contribution is 7.73. The first kappa shape index (κ1) is 16.8. The minimum Gasteiger partial charge on any atom is -0.392 e. The minimum atomic E-state index is -2.65. The lowest BCUT2D eigenvalue weighted by molar-refractivity contribution is -0.160. The van der Waals surface area contributed by atoms with Crippen molar-refractivity contribution in [3.8, 4) is 0 Å². The van der Waals surface area contributed by atoms with Crippen LogP contribution in [0.4, 0.5) is 0 Å². The van der Waals surface area contributed by atoms with Crippen molar-refractivity contribution in [2.75, 3.05) is 0 Å². The minimum absolute atomic E-state index is 0.235. The zero-order chi connectivity index (χ0) is 17.0. The number of allylic oxidation sites excluding steroid dienone is 6. The van der Waals surface area contributed by atoms with Crippen LogP contribution in [0.2, 0.25) is 0 Å².